The summed E-state index contributed by atoms with van der Waals surface area (Å²) in [7, 11) is 0. The Morgan fingerprint density at radius 1 is 1.15 bits per heavy atom. The largest absolute Gasteiger partial charge is 0.340 e. The Balaban J connectivity index is 1.06. The number of hydrogen-bond acceptors (Lipinski definition) is 5. The van der Waals surface area contributed by atoms with Gasteiger partial charge in [0.05, 0.1) is 29.5 Å². The van der Waals surface area contributed by atoms with Crippen molar-refractivity contribution < 1.29 is 9.59 Å². The molecule has 0 saturated carbocycles. The molecule has 2 aliphatic rings. The molecule has 2 aliphatic heterocycles. The lowest BCUT2D eigenvalue weighted by Crippen LogP contribution is -2.47. The molecule has 2 fully saturated rings. The summed E-state index contributed by atoms with van der Waals surface area (Å²) in [6.07, 6.45) is 3.91. The van der Waals surface area contributed by atoms with E-state index in [1.165, 1.54) is 0 Å². The fourth-order valence-electron chi connectivity index (χ4n) is 5.87. The Labute approximate surface area is 241 Å². The Bertz CT molecular complexity index is 1530. The van der Waals surface area contributed by atoms with Crippen LogP contribution in [0, 0.1) is 12.8 Å². The van der Waals surface area contributed by atoms with Crippen LogP contribution in [0.3, 0.4) is 0 Å². The normalized spacial score (nSPS) is 21.3. The van der Waals surface area contributed by atoms with Gasteiger partial charge < -0.3 is 9.80 Å². The van der Waals surface area contributed by atoms with Gasteiger partial charge in [-0.1, -0.05) is 51.5 Å². The summed E-state index contributed by atoms with van der Waals surface area (Å²) < 4.78 is 2.84. The molecule has 9 nitrogen and oxygen atoms in total. The van der Waals surface area contributed by atoms with Crippen LogP contribution in [0.2, 0.25) is 0 Å². The van der Waals surface area contributed by atoms with Crippen molar-refractivity contribution >= 4 is 33.4 Å². The van der Waals surface area contributed by atoms with Crippen LogP contribution in [0.5, 0.6) is 0 Å². The molecule has 10 heteroatoms. The minimum absolute atomic E-state index is 0.00684. The summed E-state index contributed by atoms with van der Waals surface area (Å²) in [5, 5.41) is 16.4. The number of aromatic amines is 1. The van der Waals surface area contributed by atoms with E-state index >= 15 is 0 Å². The van der Waals surface area contributed by atoms with E-state index in [1.54, 1.807) is 4.90 Å². The minimum Gasteiger partial charge on any atom is -0.340 e. The van der Waals surface area contributed by atoms with Gasteiger partial charge in [-0.25, -0.2) is 4.68 Å². The van der Waals surface area contributed by atoms with Crippen molar-refractivity contribution in [1.29, 1.82) is 0 Å². The number of H-pyrrole nitrogens is 1. The number of nitrogens with zero attached hydrogens (tertiary/aromatic N) is 6. The third-order valence-electron chi connectivity index (χ3n) is 8.09. The van der Waals surface area contributed by atoms with Crippen molar-refractivity contribution in [3.05, 3.63) is 82.2 Å². The van der Waals surface area contributed by atoms with Gasteiger partial charge in [0.15, 0.2) is 0 Å². The lowest BCUT2D eigenvalue weighted by atomic mass is 9.88. The second kappa shape index (κ2) is 11.0. The quantitative estimate of drug-likeness (QED) is 0.337. The van der Waals surface area contributed by atoms with E-state index in [9.17, 15) is 9.59 Å². The van der Waals surface area contributed by atoms with Crippen molar-refractivity contribution in [2.45, 2.75) is 51.6 Å². The molecule has 1 N–H and O–H groups in total. The van der Waals surface area contributed by atoms with Crippen molar-refractivity contribution in [3.8, 4) is 11.3 Å². The Hall–Kier alpha value is -3.79. The van der Waals surface area contributed by atoms with Crippen LogP contribution in [0.15, 0.2) is 65.3 Å². The van der Waals surface area contributed by atoms with Crippen molar-refractivity contribution in [1.82, 2.24) is 30.1 Å². The number of halogens is 1. The molecule has 0 radical (unpaired) electrons. The lowest BCUT2D eigenvalue weighted by Gasteiger charge is -2.38. The topological polar surface area (TPSA) is 100 Å². The molecule has 4 heterocycles. The highest BCUT2D eigenvalue weighted by Crippen LogP contribution is 2.34. The third kappa shape index (κ3) is 5.32. The predicted octanol–water partition coefficient (Wildman–Crippen LogP) is 4.94. The number of aromatic nitrogens is 5. The Kier molecular flexibility index (Phi) is 7.27. The van der Waals surface area contributed by atoms with Crippen LogP contribution in [0.4, 0.5) is 5.69 Å². The zero-order chi connectivity index (χ0) is 27.8. The van der Waals surface area contributed by atoms with Crippen LogP contribution in [-0.4, -0.2) is 61.0 Å². The Morgan fingerprint density at radius 3 is 2.75 bits per heavy atom. The molecule has 2 amide bonds. The molecule has 2 aromatic heterocycles. The van der Waals surface area contributed by atoms with E-state index in [1.807, 2.05) is 77.3 Å². The number of benzene rings is 2. The highest BCUT2D eigenvalue weighted by atomic mass is 79.9. The average Bonchev–Trinajstić information content (AvgIpc) is 3.71. The molecule has 2 saturated heterocycles. The molecule has 4 aromatic rings. The summed E-state index contributed by atoms with van der Waals surface area (Å²) in [5.74, 6) is 0.00791. The van der Waals surface area contributed by atoms with Crippen LogP contribution >= 0.6 is 15.9 Å². The lowest BCUT2D eigenvalue weighted by molar-refractivity contribution is -0.139. The van der Waals surface area contributed by atoms with Crippen LogP contribution in [0.1, 0.15) is 49.1 Å². The summed E-state index contributed by atoms with van der Waals surface area (Å²) in [5.41, 5.74) is 5.80. The first-order valence-corrected chi connectivity index (χ1v) is 14.5. The molecule has 0 bridgehead atoms. The first kappa shape index (κ1) is 26.4. The number of carbonyl (C=O) groups excluding carboxylic acids is 2. The van der Waals surface area contributed by atoms with Crippen LogP contribution < -0.4 is 4.90 Å². The number of carbonyl (C=O) groups is 2. The number of likely N-dealkylation sites (tertiary alicyclic amines) is 1. The molecule has 0 aliphatic carbocycles. The zero-order valence-electron chi connectivity index (χ0n) is 22.6. The number of nitrogens with one attached hydrogen (secondary N) is 1. The molecule has 3 unspecified atom stereocenters. The average molecular weight is 603 g/mol. The van der Waals surface area contributed by atoms with Crippen LogP contribution in [0.25, 0.3) is 11.3 Å². The number of anilines is 1. The van der Waals surface area contributed by atoms with Crippen molar-refractivity contribution in [2.24, 2.45) is 5.92 Å². The van der Waals surface area contributed by atoms with Crippen molar-refractivity contribution in [3.63, 3.8) is 0 Å². The van der Waals surface area contributed by atoms with Gasteiger partial charge in [0.2, 0.25) is 11.8 Å². The Morgan fingerprint density at radius 2 is 1.98 bits per heavy atom. The number of piperidine rings is 1. The van der Waals surface area contributed by atoms with Gasteiger partial charge in [0, 0.05) is 53.4 Å². The summed E-state index contributed by atoms with van der Waals surface area (Å²) >= 11 is 3.52. The van der Waals surface area contributed by atoms with E-state index < -0.39 is 0 Å². The maximum atomic E-state index is 13.5. The van der Waals surface area contributed by atoms with E-state index in [0.29, 0.717) is 19.6 Å². The second-order valence-corrected chi connectivity index (χ2v) is 11.8. The predicted molar refractivity (Wildman–Crippen MR) is 156 cm³/mol. The first-order chi connectivity index (χ1) is 19.4. The van der Waals surface area contributed by atoms with Gasteiger partial charge in [-0.15, -0.1) is 5.10 Å². The highest BCUT2D eigenvalue weighted by Gasteiger charge is 2.40. The van der Waals surface area contributed by atoms with Gasteiger partial charge in [0.25, 0.3) is 0 Å². The van der Waals surface area contributed by atoms with Crippen LogP contribution in [-0.2, 0) is 16.1 Å². The number of rotatable bonds is 6. The summed E-state index contributed by atoms with van der Waals surface area (Å²) in [6.45, 7) is 5.74. The second-order valence-electron chi connectivity index (χ2n) is 10.9. The minimum atomic E-state index is -0.313. The maximum absolute atomic E-state index is 13.5. The molecule has 206 valence electrons. The maximum Gasteiger partial charge on any atom is 0.228 e. The molecule has 2 aromatic carbocycles. The zero-order valence-corrected chi connectivity index (χ0v) is 24.2. The molecule has 40 heavy (non-hydrogen) atoms. The molecule has 3 atom stereocenters. The molecular formula is C30H32BrN7O2. The van der Waals surface area contributed by atoms with Gasteiger partial charge in [-0.2, -0.15) is 5.10 Å². The third-order valence-corrected chi connectivity index (χ3v) is 8.98. The van der Waals surface area contributed by atoms with E-state index in [0.717, 1.165) is 51.2 Å². The molecule has 6 rings (SSSR count). The summed E-state index contributed by atoms with van der Waals surface area (Å²) in [4.78, 5) is 30.0. The smallest absolute Gasteiger partial charge is 0.228 e. The first-order valence-electron chi connectivity index (χ1n) is 13.7. The standard InChI is InChI=1S/C30H32BrN7O2/c1-19-12-25(8-9-26(19)31)38-16-23(14-29(38)39)30(40)37-11-10-22(13-20(37)2)28-18-36(35-34-28)17-24-15-27(33-32-24)21-6-4-3-5-7-21/h3-9,12,15,18,20,22-23H,10-11,13-14,16-17H2,1-2H3,(H,32,33). The monoisotopic (exact) mass is 601 g/mol. The molecular weight excluding hydrogens is 570 g/mol. The molecule has 0 spiro atoms. The van der Waals surface area contributed by atoms with E-state index in [2.05, 4.69) is 43.4 Å². The number of amides is 2. The summed E-state index contributed by atoms with van der Waals surface area (Å²) in [6, 6.07) is 18.0. The number of aryl methyl sites for hydroxylation is 1. The highest BCUT2D eigenvalue weighted by molar-refractivity contribution is 9.10. The van der Waals surface area contributed by atoms with Gasteiger partial charge in [0.1, 0.15) is 0 Å². The van der Waals surface area contributed by atoms with E-state index in [-0.39, 0.29) is 36.1 Å². The fraction of sp³-hybridized carbons (Fsp3) is 0.367. The SMILES string of the molecule is Cc1cc(N2CC(C(=O)N3CCC(c4cn(Cc5cc(-c6ccccc6)n[nH]5)nn4)CC3C)CC2=O)ccc1Br. The van der Waals surface area contributed by atoms with Crippen molar-refractivity contribution in [2.75, 3.05) is 18.0 Å². The number of hydrogen-bond donors (Lipinski definition) is 1. The van der Waals surface area contributed by atoms with Gasteiger partial charge in [-0.05, 0) is 56.5 Å². The fourth-order valence-corrected chi connectivity index (χ4v) is 6.12. The van der Waals surface area contributed by atoms with Gasteiger partial charge >= 0.3 is 0 Å². The van der Waals surface area contributed by atoms with E-state index in [4.69, 9.17) is 0 Å². The van der Waals surface area contributed by atoms with Gasteiger partial charge in [-0.3, -0.25) is 14.7 Å².